The van der Waals surface area contributed by atoms with Crippen molar-refractivity contribution in [3.8, 4) is 0 Å². The van der Waals surface area contributed by atoms with Gasteiger partial charge >= 0.3 is 0 Å². The highest BCUT2D eigenvalue weighted by Gasteiger charge is 2.12. The van der Waals surface area contributed by atoms with Gasteiger partial charge in [-0.15, -0.1) is 0 Å². The zero-order valence-corrected chi connectivity index (χ0v) is 17.1. The molecule has 1 rings (SSSR count). The Morgan fingerprint density at radius 3 is 2.50 bits per heavy atom. The molecule has 0 unspecified atom stereocenters. The van der Waals surface area contributed by atoms with Crippen molar-refractivity contribution in [2.75, 3.05) is 7.05 Å². The second-order valence-electron chi connectivity index (χ2n) is 6.47. The van der Waals surface area contributed by atoms with Crippen molar-refractivity contribution in [1.29, 1.82) is 0 Å². The number of allylic oxidation sites excluding steroid dienone is 5. The molecule has 0 saturated heterocycles. The molecular formula is C21H29BrFN. The minimum Gasteiger partial charge on any atom is -0.352 e. The van der Waals surface area contributed by atoms with Crippen LogP contribution in [-0.2, 0) is 0 Å². The lowest BCUT2D eigenvalue weighted by Gasteiger charge is -2.27. The van der Waals surface area contributed by atoms with E-state index in [1.54, 1.807) is 6.07 Å². The standard InChI is InChI=1S/C21H29BrFN/c1-7-9-19(24(6)18(8-2)12-15(3)4)13-16(5)20-11-10-17(22)14-21(20)23/h8,10-11,13-15H,5,7,9,12H2,1-4,6H3/b18-8-,19-13-. The van der Waals surface area contributed by atoms with Gasteiger partial charge in [0.05, 0.1) is 0 Å². The minimum atomic E-state index is -0.252. The largest absolute Gasteiger partial charge is 0.352 e. The quantitative estimate of drug-likeness (QED) is 0.423. The van der Waals surface area contributed by atoms with E-state index in [9.17, 15) is 4.39 Å². The molecule has 24 heavy (non-hydrogen) atoms. The summed E-state index contributed by atoms with van der Waals surface area (Å²) in [5, 5.41) is 0. The summed E-state index contributed by atoms with van der Waals surface area (Å²) >= 11 is 3.29. The first kappa shape index (κ1) is 20.7. The predicted octanol–water partition coefficient (Wildman–Crippen LogP) is 7.17. The SMILES string of the molecule is C=C(/C=C(/CCC)N(C)/C(=C\C)CC(C)C)c1ccc(Br)cc1F. The van der Waals surface area contributed by atoms with Gasteiger partial charge in [-0.3, -0.25) is 0 Å². The summed E-state index contributed by atoms with van der Waals surface area (Å²) in [6.45, 7) is 12.8. The number of rotatable bonds is 8. The molecule has 1 aromatic carbocycles. The van der Waals surface area contributed by atoms with Crippen LogP contribution in [0.4, 0.5) is 4.39 Å². The molecule has 0 aromatic heterocycles. The van der Waals surface area contributed by atoms with Gasteiger partial charge in [-0.2, -0.15) is 0 Å². The second-order valence-corrected chi connectivity index (χ2v) is 7.39. The lowest BCUT2D eigenvalue weighted by Crippen LogP contribution is -2.18. The Hall–Kier alpha value is -1.35. The van der Waals surface area contributed by atoms with Crippen molar-refractivity contribution in [3.05, 3.63) is 64.2 Å². The van der Waals surface area contributed by atoms with Crippen molar-refractivity contribution in [2.45, 2.75) is 47.0 Å². The maximum absolute atomic E-state index is 14.2. The fourth-order valence-electron chi connectivity index (χ4n) is 2.67. The highest BCUT2D eigenvalue weighted by Crippen LogP contribution is 2.27. The smallest absolute Gasteiger partial charge is 0.132 e. The van der Waals surface area contributed by atoms with E-state index in [-0.39, 0.29) is 5.82 Å². The molecule has 0 aliphatic heterocycles. The van der Waals surface area contributed by atoms with Gasteiger partial charge < -0.3 is 4.90 Å². The molecule has 0 fully saturated rings. The summed E-state index contributed by atoms with van der Waals surface area (Å²) < 4.78 is 14.9. The topological polar surface area (TPSA) is 3.24 Å². The number of hydrogen-bond acceptors (Lipinski definition) is 1. The average Bonchev–Trinajstić information content (AvgIpc) is 2.51. The Morgan fingerprint density at radius 2 is 2.00 bits per heavy atom. The van der Waals surface area contributed by atoms with Crippen LogP contribution < -0.4 is 0 Å². The fraction of sp³-hybridized carbons (Fsp3) is 0.429. The molecule has 0 bridgehead atoms. The molecule has 132 valence electrons. The van der Waals surface area contributed by atoms with Crippen molar-refractivity contribution in [1.82, 2.24) is 4.90 Å². The third kappa shape index (κ3) is 5.94. The molecule has 0 aliphatic carbocycles. The van der Waals surface area contributed by atoms with E-state index in [1.807, 2.05) is 12.1 Å². The van der Waals surface area contributed by atoms with Crippen molar-refractivity contribution in [2.24, 2.45) is 5.92 Å². The fourth-order valence-corrected chi connectivity index (χ4v) is 3.01. The molecule has 0 aliphatic rings. The molecular weight excluding hydrogens is 365 g/mol. The van der Waals surface area contributed by atoms with Crippen molar-refractivity contribution >= 4 is 21.5 Å². The Labute approximate surface area is 155 Å². The van der Waals surface area contributed by atoms with Crippen molar-refractivity contribution in [3.63, 3.8) is 0 Å². The van der Waals surface area contributed by atoms with Gasteiger partial charge in [-0.25, -0.2) is 4.39 Å². The van der Waals surface area contributed by atoms with Crippen LogP contribution in [0.1, 0.15) is 52.5 Å². The minimum absolute atomic E-state index is 0.252. The predicted molar refractivity (Wildman–Crippen MR) is 107 cm³/mol. The Bertz CT molecular complexity index is 629. The highest BCUT2D eigenvalue weighted by molar-refractivity contribution is 9.10. The van der Waals surface area contributed by atoms with Crippen molar-refractivity contribution < 1.29 is 4.39 Å². The summed E-state index contributed by atoms with van der Waals surface area (Å²) in [6, 6.07) is 5.09. The third-order valence-corrected chi connectivity index (χ3v) is 4.43. The zero-order valence-electron chi connectivity index (χ0n) is 15.5. The molecule has 0 heterocycles. The van der Waals surface area contributed by atoms with Crippen LogP contribution in [0.5, 0.6) is 0 Å². The second kappa shape index (κ2) is 9.83. The molecule has 0 spiro atoms. The van der Waals surface area contributed by atoms with Crippen LogP contribution >= 0.6 is 15.9 Å². The molecule has 1 aromatic rings. The number of halogens is 2. The van der Waals surface area contributed by atoms with Crippen LogP contribution in [0.3, 0.4) is 0 Å². The summed E-state index contributed by atoms with van der Waals surface area (Å²) in [6.07, 6.45) is 7.16. The number of benzene rings is 1. The summed E-state index contributed by atoms with van der Waals surface area (Å²) in [4.78, 5) is 2.23. The van der Waals surface area contributed by atoms with E-state index in [1.165, 1.54) is 17.5 Å². The van der Waals surface area contributed by atoms with Crippen LogP contribution in [0.25, 0.3) is 5.57 Å². The Morgan fingerprint density at radius 1 is 1.33 bits per heavy atom. The molecule has 0 N–H and O–H groups in total. The molecule has 1 nitrogen and oxygen atoms in total. The lowest BCUT2D eigenvalue weighted by molar-refractivity contribution is 0.441. The van der Waals surface area contributed by atoms with E-state index in [4.69, 9.17) is 0 Å². The van der Waals surface area contributed by atoms with Gasteiger partial charge in [0.15, 0.2) is 0 Å². The lowest BCUT2D eigenvalue weighted by atomic mass is 10.0. The zero-order chi connectivity index (χ0) is 18.3. The molecule has 0 radical (unpaired) electrons. The first-order valence-corrected chi connectivity index (χ1v) is 9.33. The maximum Gasteiger partial charge on any atom is 0.132 e. The Kier molecular flexibility index (Phi) is 8.47. The van der Waals surface area contributed by atoms with E-state index < -0.39 is 0 Å². The highest BCUT2D eigenvalue weighted by atomic mass is 79.9. The molecule has 0 atom stereocenters. The Balaban J connectivity index is 3.13. The maximum atomic E-state index is 14.2. The van der Waals surface area contributed by atoms with E-state index in [2.05, 4.69) is 68.2 Å². The van der Waals surface area contributed by atoms with Crippen LogP contribution in [0.15, 0.2) is 52.8 Å². The van der Waals surface area contributed by atoms with Gasteiger partial charge in [0.25, 0.3) is 0 Å². The summed E-state index contributed by atoms with van der Waals surface area (Å²) in [5.74, 6) is 0.339. The summed E-state index contributed by atoms with van der Waals surface area (Å²) in [5.41, 5.74) is 3.70. The van der Waals surface area contributed by atoms with E-state index in [0.717, 1.165) is 23.7 Å². The van der Waals surface area contributed by atoms with Gasteiger partial charge in [0, 0.05) is 28.5 Å². The van der Waals surface area contributed by atoms with E-state index in [0.29, 0.717) is 17.1 Å². The van der Waals surface area contributed by atoms with Gasteiger partial charge in [0.2, 0.25) is 0 Å². The third-order valence-electron chi connectivity index (χ3n) is 3.94. The number of nitrogens with zero attached hydrogens (tertiary/aromatic N) is 1. The van der Waals surface area contributed by atoms with Crippen LogP contribution in [-0.4, -0.2) is 11.9 Å². The van der Waals surface area contributed by atoms with Gasteiger partial charge in [-0.1, -0.05) is 61.8 Å². The molecule has 3 heteroatoms. The molecule has 0 saturated carbocycles. The first-order valence-electron chi connectivity index (χ1n) is 8.53. The molecule has 0 amide bonds. The first-order chi connectivity index (χ1) is 11.3. The van der Waals surface area contributed by atoms with Crippen LogP contribution in [0.2, 0.25) is 0 Å². The number of hydrogen-bond donors (Lipinski definition) is 0. The summed E-state index contributed by atoms with van der Waals surface area (Å²) in [7, 11) is 2.09. The average molecular weight is 394 g/mol. The van der Waals surface area contributed by atoms with E-state index >= 15 is 0 Å². The van der Waals surface area contributed by atoms with Gasteiger partial charge in [0.1, 0.15) is 5.82 Å². The van der Waals surface area contributed by atoms with Gasteiger partial charge in [-0.05, 0) is 49.5 Å². The monoisotopic (exact) mass is 393 g/mol. The normalized spacial score (nSPS) is 12.7. The van der Waals surface area contributed by atoms with Crippen LogP contribution in [0, 0.1) is 11.7 Å².